The number of fused-ring (bicyclic) bond motifs is 2. The van der Waals surface area contributed by atoms with Crippen molar-refractivity contribution < 1.29 is 35.4 Å². The standard InChI is InChI=1S/C21H26FN2O2S.BrH/c1-24(2)17-8-9-18(24)13-19(12-17)26-21(25)23(20-7-4-10-27-20)14-15-5-3-6-16(22)11-15;/h3-7,10-11,17-19H,8-9,12-14H2,1-2H3;1H/q+1;/p-1. The van der Waals surface area contributed by atoms with E-state index in [1.807, 2.05) is 23.6 Å². The molecular formula is C21H26BrFN2O2S. The van der Waals surface area contributed by atoms with Crippen LogP contribution in [0.3, 0.4) is 0 Å². The van der Waals surface area contributed by atoms with Gasteiger partial charge in [-0.05, 0) is 35.2 Å². The Hall–Kier alpha value is -1.44. The Balaban J connectivity index is 0.00000225. The van der Waals surface area contributed by atoms with Crippen molar-refractivity contribution in [3.05, 3.63) is 53.2 Å². The number of rotatable bonds is 4. The molecule has 4 rings (SSSR count). The summed E-state index contributed by atoms with van der Waals surface area (Å²) in [7, 11) is 4.59. The van der Waals surface area contributed by atoms with Crippen molar-refractivity contribution in [2.45, 2.75) is 50.4 Å². The van der Waals surface area contributed by atoms with E-state index in [-0.39, 0.29) is 35.0 Å². The van der Waals surface area contributed by atoms with Crippen LogP contribution in [0.4, 0.5) is 14.2 Å². The van der Waals surface area contributed by atoms with Gasteiger partial charge in [0.05, 0.1) is 32.7 Å². The number of hydrogen-bond donors (Lipinski definition) is 0. The van der Waals surface area contributed by atoms with Gasteiger partial charge in [-0.3, -0.25) is 4.90 Å². The average Bonchev–Trinajstić information content (AvgIpc) is 3.16. The summed E-state index contributed by atoms with van der Waals surface area (Å²) in [4.78, 5) is 14.6. The number of quaternary nitrogens is 1. The van der Waals surface area contributed by atoms with E-state index in [9.17, 15) is 9.18 Å². The third-order valence-electron chi connectivity index (χ3n) is 6.28. The van der Waals surface area contributed by atoms with E-state index in [4.69, 9.17) is 4.74 Å². The second-order valence-corrected chi connectivity index (χ2v) is 9.08. The first kappa shape index (κ1) is 21.3. The summed E-state index contributed by atoms with van der Waals surface area (Å²) >= 11 is 1.49. The molecule has 2 aromatic rings. The first-order chi connectivity index (χ1) is 12.9. The van der Waals surface area contributed by atoms with Crippen LogP contribution in [-0.4, -0.2) is 42.9 Å². The van der Waals surface area contributed by atoms with Crippen molar-refractivity contribution in [3.8, 4) is 0 Å². The Morgan fingerprint density at radius 2 is 1.93 bits per heavy atom. The minimum atomic E-state index is -0.335. The quantitative estimate of drug-likeness (QED) is 0.640. The molecule has 2 unspecified atom stereocenters. The first-order valence-corrected chi connectivity index (χ1v) is 10.4. The molecule has 4 nitrogen and oxygen atoms in total. The number of halogens is 2. The molecule has 1 amide bonds. The monoisotopic (exact) mass is 468 g/mol. The highest BCUT2D eigenvalue weighted by molar-refractivity contribution is 7.14. The Kier molecular flexibility index (Phi) is 6.47. The molecular weight excluding hydrogens is 443 g/mol. The zero-order valence-corrected chi connectivity index (χ0v) is 18.6. The largest absolute Gasteiger partial charge is 1.00 e. The van der Waals surface area contributed by atoms with Crippen LogP contribution in [0, 0.1) is 5.82 Å². The Labute approximate surface area is 180 Å². The topological polar surface area (TPSA) is 29.5 Å². The van der Waals surface area contributed by atoms with Gasteiger partial charge in [0.25, 0.3) is 0 Å². The molecule has 2 aliphatic rings. The van der Waals surface area contributed by atoms with E-state index in [0.29, 0.717) is 18.6 Å². The Bertz CT molecular complexity index is 798. The third-order valence-corrected chi connectivity index (χ3v) is 7.17. The average molecular weight is 469 g/mol. The van der Waals surface area contributed by atoms with Gasteiger partial charge in [-0.2, -0.15) is 0 Å². The fourth-order valence-corrected chi connectivity index (χ4v) is 5.33. The van der Waals surface area contributed by atoms with Crippen molar-refractivity contribution in [3.63, 3.8) is 0 Å². The molecule has 0 aliphatic carbocycles. The minimum Gasteiger partial charge on any atom is -1.00 e. The van der Waals surface area contributed by atoms with Gasteiger partial charge >= 0.3 is 6.09 Å². The molecule has 1 aromatic carbocycles. The lowest BCUT2D eigenvalue weighted by Crippen LogP contribution is -3.00. The molecule has 0 spiro atoms. The zero-order chi connectivity index (χ0) is 19.0. The number of anilines is 1. The second kappa shape index (κ2) is 8.51. The van der Waals surface area contributed by atoms with Crippen LogP contribution in [0.25, 0.3) is 0 Å². The Morgan fingerprint density at radius 3 is 2.54 bits per heavy atom. The lowest BCUT2D eigenvalue weighted by Gasteiger charge is -2.44. The molecule has 2 aliphatic heterocycles. The molecule has 0 N–H and O–H groups in total. The van der Waals surface area contributed by atoms with Crippen molar-refractivity contribution in [1.82, 2.24) is 0 Å². The zero-order valence-electron chi connectivity index (χ0n) is 16.2. The molecule has 28 heavy (non-hydrogen) atoms. The van der Waals surface area contributed by atoms with Crippen LogP contribution in [-0.2, 0) is 11.3 Å². The van der Waals surface area contributed by atoms with E-state index in [1.54, 1.807) is 11.0 Å². The molecule has 2 bridgehead atoms. The molecule has 7 heteroatoms. The fraction of sp³-hybridized carbons (Fsp3) is 0.476. The number of piperidine rings is 1. The van der Waals surface area contributed by atoms with Crippen LogP contribution in [0.2, 0.25) is 0 Å². The summed E-state index contributed by atoms with van der Waals surface area (Å²) in [6.07, 6.45) is 3.91. The van der Waals surface area contributed by atoms with E-state index in [1.165, 1.54) is 36.3 Å². The normalized spacial score (nSPS) is 25.0. The minimum absolute atomic E-state index is 0. The molecule has 2 fully saturated rings. The third kappa shape index (κ3) is 4.26. The maximum Gasteiger partial charge on any atom is 0.415 e. The van der Waals surface area contributed by atoms with Gasteiger partial charge in [0, 0.05) is 25.7 Å². The molecule has 2 atom stereocenters. The number of amides is 1. The molecule has 0 radical (unpaired) electrons. The van der Waals surface area contributed by atoms with E-state index in [0.717, 1.165) is 27.9 Å². The SMILES string of the molecule is C[N+]1(C)C2CCC1CC(OC(=O)N(Cc1cccc(F)c1)c1cccs1)C2.[Br-]. The van der Waals surface area contributed by atoms with Crippen molar-refractivity contribution >= 4 is 22.4 Å². The van der Waals surface area contributed by atoms with Gasteiger partial charge < -0.3 is 26.2 Å². The summed E-state index contributed by atoms with van der Waals surface area (Å²) in [6, 6.07) is 11.3. The number of carbonyl (C=O) groups excluding carboxylic acids is 1. The Morgan fingerprint density at radius 1 is 1.21 bits per heavy atom. The number of ether oxygens (including phenoxy) is 1. The molecule has 3 heterocycles. The summed E-state index contributed by atoms with van der Waals surface area (Å²) in [5, 5.41) is 2.75. The predicted molar refractivity (Wildman–Crippen MR) is 105 cm³/mol. The van der Waals surface area contributed by atoms with Crippen molar-refractivity contribution in [2.75, 3.05) is 19.0 Å². The number of hydrogen-bond acceptors (Lipinski definition) is 3. The van der Waals surface area contributed by atoms with Crippen LogP contribution in [0.5, 0.6) is 0 Å². The van der Waals surface area contributed by atoms with Gasteiger partial charge in [0.2, 0.25) is 0 Å². The first-order valence-electron chi connectivity index (χ1n) is 9.53. The van der Waals surface area contributed by atoms with Crippen molar-refractivity contribution in [2.24, 2.45) is 0 Å². The summed E-state index contributed by atoms with van der Waals surface area (Å²) in [5.41, 5.74) is 0.752. The van der Waals surface area contributed by atoms with Crippen LogP contribution < -0.4 is 21.9 Å². The summed E-state index contributed by atoms with van der Waals surface area (Å²) in [5.74, 6) is -0.296. The number of benzene rings is 1. The van der Waals surface area contributed by atoms with Gasteiger partial charge in [-0.25, -0.2) is 9.18 Å². The second-order valence-electron chi connectivity index (χ2n) is 8.16. The highest BCUT2D eigenvalue weighted by atomic mass is 79.9. The van der Waals surface area contributed by atoms with Gasteiger partial charge in [0.15, 0.2) is 0 Å². The van der Waals surface area contributed by atoms with Crippen LogP contribution in [0.1, 0.15) is 31.2 Å². The van der Waals surface area contributed by atoms with E-state index in [2.05, 4.69) is 14.1 Å². The number of nitrogens with zero attached hydrogens (tertiary/aromatic N) is 2. The van der Waals surface area contributed by atoms with Crippen LogP contribution in [0.15, 0.2) is 41.8 Å². The van der Waals surface area contributed by atoms with E-state index >= 15 is 0 Å². The smallest absolute Gasteiger partial charge is 0.415 e. The molecule has 152 valence electrons. The van der Waals surface area contributed by atoms with Gasteiger partial charge in [-0.15, -0.1) is 11.3 Å². The molecule has 2 saturated heterocycles. The molecule has 1 aromatic heterocycles. The maximum atomic E-state index is 13.6. The predicted octanol–water partition coefficient (Wildman–Crippen LogP) is 1.80. The fourth-order valence-electron chi connectivity index (χ4n) is 4.61. The van der Waals surface area contributed by atoms with Gasteiger partial charge in [0.1, 0.15) is 16.9 Å². The highest BCUT2D eigenvalue weighted by Gasteiger charge is 2.50. The highest BCUT2D eigenvalue weighted by Crippen LogP contribution is 2.40. The van der Waals surface area contributed by atoms with Crippen molar-refractivity contribution in [1.29, 1.82) is 0 Å². The maximum absolute atomic E-state index is 13.6. The summed E-state index contributed by atoms with van der Waals surface area (Å²) < 4.78 is 20.6. The number of thiophene rings is 1. The summed E-state index contributed by atoms with van der Waals surface area (Å²) in [6.45, 7) is 0.304. The van der Waals surface area contributed by atoms with Crippen LogP contribution >= 0.6 is 11.3 Å². The lowest BCUT2D eigenvalue weighted by atomic mass is 9.98. The van der Waals surface area contributed by atoms with E-state index < -0.39 is 0 Å². The molecule has 0 saturated carbocycles. The lowest BCUT2D eigenvalue weighted by molar-refractivity contribution is -0.931. The number of carbonyl (C=O) groups is 1. The van der Waals surface area contributed by atoms with Gasteiger partial charge in [-0.1, -0.05) is 12.1 Å².